The maximum atomic E-state index is 12.8. The first-order chi connectivity index (χ1) is 16.5. The highest BCUT2D eigenvalue weighted by atomic mass is 32.1. The highest BCUT2D eigenvalue weighted by molar-refractivity contribution is 7.13. The molecule has 0 aliphatic carbocycles. The fourth-order valence-corrected chi connectivity index (χ4v) is 3.65. The third kappa shape index (κ3) is 5.97. The van der Waals surface area contributed by atoms with Gasteiger partial charge in [0.05, 0.1) is 6.61 Å². The van der Waals surface area contributed by atoms with Crippen LogP contribution in [0, 0.1) is 0 Å². The quantitative estimate of drug-likeness (QED) is 0.329. The lowest BCUT2D eigenvalue weighted by Gasteiger charge is -2.16. The van der Waals surface area contributed by atoms with E-state index in [1.165, 1.54) is 11.3 Å². The Kier molecular flexibility index (Phi) is 7.51. The first-order valence-electron chi connectivity index (χ1n) is 10.7. The number of methoxy groups -OCH3 is 1. The molecule has 0 unspecified atom stereocenters. The zero-order valence-electron chi connectivity index (χ0n) is 19.0. The van der Waals surface area contributed by atoms with Crippen LogP contribution in [0.25, 0.3) is 11.5 Å². The standard InChI is InChI=1S/C24H24N4O5S/c1-4-21-27-28-23(33-21)16-6-5-7-18(10-16)32-20-12-17(22(29)26-24-25-8-9-34-24)11-19(13-20)31-15(2)14-30-3/h5-13,15H,4,14H2,1-3H3,(H,25,26,29)/t15-/m1/s1. The van der Waals surface area contributed by atoms with E-state index in [9.17, 15) is 4.79 Å². The number of nitrogens with one attached hydrogen (secondary N) is 1. The van der Waals surface area contributed by atoms with Crippen molar-refractivity contribution in [1.82, 2.24) is 15.2 Å². The number of rotatable bonds is 10. The number of thiazole rings is 1. The lowest BCUT2D eigenvalue weighted by atomic mass is 10.1. The summed E-state index contributed by atoms with van der Waals surface area (Å²) in [7, 11) is 1.60. The second kappa shape index (κ2) is 10.9. The van der Waals surface area contributed by atoms with Crippen molar-refractivity contribution in [2.24, 2.45) is 0 Å². The van der Waals surface area contributed by atoms with Crippen LogP contribution < -0.4 is 14.8 Å². The van der Waals surface area contributed by atoms with Crippen molar-refractivity contribution in [2.45, 2.75) is 26.4 Å². The number of benzene rings is 2. The molecular weight excluding hydrogens is 456 g/mol. The summed E-state index contributed by atoms with van der Waals surface area (Å²) in [6.07, 6.45) is 2.06. The predicted octanol–water partition coefficient (Wildman–Crippen LogP) is 5.21. The molecule has 0 spiro atoms. The van der Waals surface area contributed by atoms with E-state index >= 15 is 0 Å². The highest BCUT2D eigenvalue weighted by Crippen LogP contribution is 2.31. The summed E-state index contributed by atoms with van der Waals surface area (Å²) in [5.74, 6) is 2.11. The number of carbonyl (C=O) groups is 1. The van der Waals surface area contributed by atoms with Crippen LogP contribution >= 0.6 is 11.3 Å². The Morgan fingerprint density at radius 2 is 2.00 bits per heavy atom. The van der Waals surface area contributed by atoms with Crippen molar-refractivity contribution in [1.29, 1.82) is 0 Å². The van der Waals surface area contributed by atoms with Gasteiger partial charge in [0, 0.05) is 42.3 Å². The van der Waals surface area contributed by atoms with Crippen LogP contribution in [0.3, 0.4) is 0 Å². The molecule has 4 aromatic rings. The highest BCUT2D eigenvalue weighted by Gasteiger charge is 2.15. The minimum atomic E-state index is -0.323. The molecule has 0 aliphatic heterocycles. The molecule has 176 valence electrons. The number of amides is 1. The van der Waals surface area contributed by atoms with E-state index in [4.69, 9.17) is 18.6 Å². The van der Waals surface area contributed by atoms with Gasteiger partial charge in [0.15, 0.2) is 5.13 Å². The summed E-state index contributed by atoms with van der Waals surface area (Å²) in [5.41, 5.74) is 1.10. The van der Waals surface area contributed by atoms with Gasteiger partial charge in [0.1, 0.15) is 23.4 Å². The molecule has 1 N–H and O–H groups in total. The molecule has 34 heavy (non-hydrogen) atoms. The van der Waals surface area contributed by atoms with E-state index in [-0.39, 0.29) is 12.0 Å². The fourth-order valence-electron chi connectivity index (χ4n) is 3.13. The number of hydrogen-bond acceptors (Lipinski definition) is 9. The average molecular weight is 481 g/mol. The molecule has 0 saturated heterocycles. The summed E-state index contributed by atoms with van der Waals surface area (Å²) >= 11 is 1.33. The number of hydrogen-bond donors (Lipinski definition) is 1. The largest absolute Gasteiger partial charge is 0.488 e. The summed E-state index contributed by atoms with van der Waals surface area (Å²) in [6, 6.07) is 12.3. The summed E-state index contributed by atoms with van der Waals surface area (Å²) in [4.78, 5) is 16.9. The van der Waals surface area contributed by atoms with Gasteiger partial charge in [-0.3, -0.25) is 10.1 Å². The normalized spacial score (nSPS) is 11.7. The lowest BCUT2D eigenvalue weighted by molar-refractivity contribution is 0.0916. The first kappa shape index (κ1) is 23.4. The Bertz CT molecular complexity index is 1240. The van der Waals surface area contributed by atoms with Gasteiger partial charge < -0.3 is 18.6 Å². The average Bonchev–Trinajstić information content (AvgIpc) is 3.51. The molecule has 1 atom stereocenters. The summed E-state index contributed by atoms with van der Waals surface area (Å²) in [5, 5.41) is 13.2. The molecule has 2 aromatic carbocycles. The molecule has 9 nitrogen and oxygen atoms in total. The van der Waals surface area contributed by atoms with Gasteiger partial charge >= 0.3 is 0 Å². The van der Waals surface area contributed by atoms with E-state index in [1.54, 1.807) is 49.0 Å². The van der Waals surface area contributed by atoms with Gasteiger partial charge in [-0.2, -0.15) is 0 Å². The van der Waals surface area contributed by atoms with Gasteiger partial charge in [0.25, 0.3) is 5.91 Å². The van der Waals surface area contributed by atoms with Crippen LogP contribution in [0.2, 0.25) is 0 Å². The van der Waals surface area contributed by atoms with Gasteiger partial charge in [-0.05, 0) is 37.3 Å². The number of carbonyl (C=O) groups excluding carboxylic acids is 1. The molecule has 0 fully saturated rings. The maximum absolute atomic E-state index is 12.8. The molecule has 0 radical (unpaired) electrons. The van der Waals surface area contributed by atoms with Crippen molar-refractivity contribution < 1.29 is 23.4 Å². The SMILES string of the molecule is CCc1nnc(-c2cccc(Oc3cc(O[C@H](C)COC)cc(C(=O)Nc4nccs4)c3)c2)o1. The molecule has 4 rings (SSSR count). The van der Waals surface area contributed by atoms with E-state index in [2.05, 4.69) is 20.5 Å². The minimum absolute atomic E-state index is 0.219. The van der Waals surface area contributed by atoms with Crippen LogP contribution in [0.4, 0.5) is 5.13 Å². The van der Waals surface area contributed by atoms with Crippen molar-refractivity contribution >= 4 is 22.4 Å². The Labute approximate surface area is 200 Å². The van der Waals surface area contributed by atoms with Gasteiger partial charge in [-0.15, -0.1) is 21.5 Å². The van der Waals surface area contributed by atoms with Gasteiger partial charge in [0.2, 0.25) is 11.8 Å². The number of aromatic nitrogens is 3. The summed E-state index contributed by atoms with van der Waals surface area (Å²) < 4.78 is 22.8. The summed E-state index contributed by atoms with van der Waals surface area (Å²) in [6.45, 7) is 4.23. The minimum Gasteiger partial charge on any atom is -0.488 e. The second-order valence-electron chi connectivity index (χ2n) is 7.35. The van der Waals surface area contributed by atoms with Crippen molar-refractivity contribution in [3.05, 3.63) is 65.5 Å². The van der Waals surface area contributed by atoms with Gasteiger partial charge in [-0.25, -0.2) is 4.98 Å². The van der Waals surface area contributed by atoms with Crippen LogP contribution in [0.5, 0.6) is 17.2 Å². The molecule has 0 aliphatic rings. The zero-order chi connectivity index (χ0) is 23.9. The predicted molar refractivity (Wildman–Crippen MR) is 128 cm³/mol. The third-order valence-corrected chi connectivity index (χ3v) is 5.31. The van der Waals surface area contributed by atoms with Crippen LogP contribution in [0.1, 0.15) is 30.1 Å². The van der Waals surface area contributed by atoms with E-state index in [1.807, 2.05) is 26.0 Å². The van der Waals surface area contributed by atoms with E-state index in [0.29, 0.717) is 52.8 Å². The van der Waals surface area contributed by atoms with Crippen molar-refractivity contribution in [3.63, 3.8) is 0 Å². The van der Waals surface area contributed by atoms with Crippen LogP contribution in [0.15, 0.2) is 58.5 Å². The topological polar surface area (TPSA) is 109 Å². The van der Waals surface area contributed by atoms with Crippen LogP contribution in [-0.2, 0) is 11.2 Å². The number of aryl methyl sites for hydroxylation is 1. The molecule has 2 aromatic heterocycles. The number of anilines is 1. The molecule has 0 bridgehead atoms. The molecule has 0 saturated carbocycles. The van der Waals surface area contributed by atoms with Crippen molar-refractivity contribution in [3.8, 4) is 28.7 Å². The molecule has 10 heteroatoms. The monoisotopic (exact) mass is 480 g/mol. The maximum Gasteiger partial charge on any atom is 0.257 e. The Morgan fingerprint density at radius 1 is 1.15 bits per heavy atom. The van der Waals surface area contributed by atoms with Crippen LogP contribution in [-0.4, -0.2) is 40.9 Å². The first-order valence-corrected chi connectivity index (χ1v) is 11.5. The Hall–Kier alpha value is -3.76. The van der Waals surface area contributed by atoms with Crippen molar-refractivity contribution in [2.75, 3.05) is 19.0 Å². The zero-order valence-corrected chi connectivity index (χ0v) is 19.8. The van der Waals surface area contributed by atoms with E-state index < -0.39 is 0 Å². The Balaban J connectivity index is 1.60. The van der Waals surface area contributed by atoms with Gasteiger partial charge in [-0.1, -0.05) is 13.0 Å². The Morgan fingerprint density at radius 3 is 2.74 bits per heavy atom. The van der Waals surface area contributed by atoms with E-state index in [0.717, 1.165) is 5.56 Å². The molecular formula is C24H24N4O5S. The molecule has 2 heterocycles. The number of nitrogens with zero attached hydrogens (tertiary/aromatic N) is 3. The third-order valence-electron chi connectivity index (χ3n) is 4.62. The smallest absolute Gasteiger partial charge is 0.257 e. The fraction of sp³-hybridized carbons (Fsp3) is 0.250. The molecule has 1 amide bonds. The lowest BCUT2D eigenvalue weighted by Crippen LogP contribution is -2.18. The second-order valence-corrected chi connectivity index (χ2v) is 8.25. The number of ether oxygens (including phenoxy) is 3.